The zero-order chi connectivity index (χ0) is 17.1. The fourth-order valence-electron chi connectivity index (χ4n) is 2.77. The average Bonchev–Trinajstić information content (AvgIpc) is 2.53. The Morgan fingerprint density at radius 2 is 2.04 bits per heavy atom. The van der Waals surface area contributed by atoms with E-state index in [4.69, 9.17) is 11.6 Å². The first kappa shape index (κ1) is 16.5. The maximum Gasteiger partial charge on any atom is 0.244 e. The third-order valence-corrected chi connectivity index (χ3v) is 4.05. The Bertz CT molecular complexity index is 778. The molecule has 0 aliphatic carbocycles. The fraction of sp³-hybridized carbons (Fsp3) is 0.222. The third-order valence-electron chi connectivity index (χ3n) is 3.82. The van der Waals surface area contributed by atoms with Crippen molar-refractivity contribution in [2.45, 2.75) is 6.54 Å². The van der Waals surface area contributed by atoms with E-state index in [-0.39, 0.29) is 24.9 Å². The van der Waals surface area contributed by atoms with Gasteiger partial charge in [0.2, 0.25) is 11.8 Å². The van der Waals surface area contributed by atoms with E-state index in [9.17, 15) is 9.59 Å². The number of nitrogens with zero attached hydrogens (tertiary/aromatic N) is 2. The molecule has 0 fully saturated rings. The number of para-hydroxylation sites is 2. The number of likely N-dealkylation sites (N-methyl/N-ethyl adjacent to an activating group) is 1. The number of halogens is 1. The zero-order valence-electron chi connectivity index (χ0n) is 13.3. The van der Waals surface area contributed by atoms with Crippen LogP contribution in [0.2, 0.25) is 5.02 Å². The van der Waals surface area contributed by atoms with E-state index >= 15 is 0 Å². The molecule has 0 unspecified atom stereocenters. The second-order valence-electron chi connectivity index (χ2n) is 5.85. The monoisotopic (exact) mass is 343 g/mol. The minimum atomic E-state index is -0.181. The van der Waals surface area contributed by atoms with Gasteiger partial charge in [0.05, 0.1) is 17.9 Å². The summed E-state index contributed by atoms with van der Waals surface area (Å²) in [4.78, 5) is 27.9. The third kappa shape index (κ3) is 3.75. The lowest BCUT2D eigenvalue weighted by Crippen LogP contribution is -2.45. The Balaban J connectivity index is 1.69. The van der Waals surface area contributed by atoms with Crippen LogP contribution in [0.1, 0.15) is 5.56 Å². The van der Waals surface area contributed by atoms with Crippen LogP contribution in [0, 0.1) is 0 Å². The van der Waals surface area contributed by atoms with Crippen LogP contribution in [0.5, 0.6) is 0 Å². The molecule has 1 N–H and O–H groups in total. The summed E-state index contributed by atoms with van der Waals surface area (Å²) in [5.41, 5.74) is 2.44. The molecule has 2 aromatic carbocycles. The van der Waals surface area contributed by atoms with Crippen molar-refractivity contribution in [3.63, 3.8) is 0 Å². The van der Waals surface area contributed by atoms with Crippen LogP contribution < -0.4 is 10.2 Å². The number of nitrogens with one attached hydrogen (secondary N) is 1. The van der Waals surface area contributed by atoms with Crippen molar-refractivity contribution in [2.75, 3.05) is 30.4 Å². The second kappa shape index (κ2) is 7.03. The van der Waals surface area contributed by atoms with E-state index in [0.29, 0.717) is 17.3 Å². The maximum absolute atomic E-state index is 12.7. The first-order valence-corrected chi connectivity index (χ1v) is 8.03. The van der Waals surface area contributed by atoms with Crippen molar-refractivity contribution in [3.8, 4) is 0 Å². The number of hydrogen-bond donors (Lipinski definition) is 1. The number of fused-ring (bicyclic) bond motifs is 1. The Morgan fingerprint density at radius 3 is 2.83 bits per heavy atom. The minimum Gasteiger partial charge on any atom is -0.323 e. The Kier molecular flexibility index (Phi) is 4.83. The molecule has 0 radical (unpaired) electrons. The predicted octanol–water partition coefficient (Wildman–Crippen LogP) is 2.76. The van der Waals surface area contributed by atoms with Crippen molar-refractivity contribution < 1.29 is 9.59 Å². The lowest BCUT2D eigenvalue weighted by atomic mass is 10.2. The molecule has 0 aromatic heterocycles. The van der Waals surface area contributed by atoms with Gasteiger partial charge in [0.1, 0.15) is 6.54 Å². The highest BCUT2D eigenvalue weighted by molar-refractivity contribution is 6.30. The van der Waals surface area contributed by atoms with Gasteiger partial charge in [-0.2, -0.15) is 0 Å². The van der Waals surface area contributed by atoms with Crippen LogP contribution in [0.3, 0.4) is 0 Å². The van der Waals surface area contributed by atoms with Gasteiger partial charge in [0.15, 0.2) is 0 Å². The lowest BCUT2D eigenvalue weighted by Gasteiger charge is -2.30. The fourth-order valence-corrected chi connectivity index (χ4v) is 2.99. The smallest absolute Gasteiger partial charge is 0.244 e. The van der Waals surface area contributed by atoms with Gasteiger partial charge in [-0.1, -0.05) is 35.9 Å². The van der Waals surface area contributed by atoms with Crippen molar-refractivity contribution in [1.82, 2.24) is 4.90 Å². The highest BCUT2D eigenvalue weighted by Gasteiger charge is 2.26. The van der Waals surface area contributed by atoms with Crippen LogP contribution >= 0.6 is 11.6 Å². The minimum absolute atomic E-state index is 0.0425. The van der Waals surface area contributed by atoms with Gasteiger partial charge in [-0.15, -0.1) is 0 Å². The van der Waals surface area contributed by atoms with E-state index in [1.54, 1.807) is 6.07 Å². The van der Waals surface area contributed by atoms with Crippen molar-refractivity contribution in [3.05, 3.63) is 59.1 Å². The molecule has 1 aliphatic heterocycles. The lowest BCUT2D eigenvalue weighted by molar-refractivity contribution is -0.122. The molecule has 5 nitrogen and oxygen atoms in total. The molecule has 0 atom stereocenters. The van der Waals surface area contributed by atoms with Crippen LogP contribution in [0.25, 0.3) is 0 Å². The van der Waals surface area contributed by atoms with E-state index in [1.807, 2.05) is 54.4 Å². The largest absolute Gasteiger partial charge is 0.323 e. The highest BCUT2D eigenvalue weighted by Crippen LogP contribution is 2.28. The van der Waals surface area contributed by atoms with Gasteiger partial charge >= 0.3 is 0 Å². The molecule has 0 saturated heterocycles. The molecule has 0 saturated carbocycles. The van der Waals surface area contributed by atoms with Gasteiger partial charge in [-0.3, -0.25) is 19.4 Å². The van der Waals surface area contributed by atoms with Gasteiger partial charge in [-0.05, 0) is 36.9 Å². The molecular weight excluding hydrogens is 326 g/mol. The quantitative estimate of drug-likeness (QED) is 0.928. The van der Waals surface area contributed by atoms with E-state index < -0.39 is 0 Å². The van der Waals surface area contributed by atoms with Crippen LogP contribution in [0.4, 0.5) is 11.4 Å². The number of rotatable bonds is 4. The molecule has 2 amide bonds. The van der Waals surface area contributed by atoms with Crippen molar-refractivity contribution in [2.24, 2.45) is 0 Å². The Hall–Kier alpha value is -2.37. The molecule has 1 heterocycles. The average molecular weight is 344 g/mol. The summed E-state index contributed by atoms with van der Waals surface area (Å²) < 4.78 is 0. The summed E-state index contributed by atoms with van der Waals surface area (Å²) in [5.74, 6) is -0.290. The molecule has 1 aliphatic rings. The predicted molar refractivity (Wildman–Crippen MR) is 95.2 cm³/mol. The molecule has 2 aromatic rings. The van der Waals surface area contributed by atoms with Crippen LogP contribution in [-0.4, -0.2) is 36.9 Å². The maximum atomic E-state index is 12.7. The van der Waals surface area contributed by atoms with E-state index in [2.05, 4.69) is 5.32 Å². The van der Waals surface area contributed by atoms with E-state index in [0.717, 1.165) is 11.3 Å². The van der Waals surface area contributed by atoms with Crippen LogP contribution in [-0.2, 0) is 16.1 Å². The number of anilines is 2. The summed E-state index contributed by atoms with van der Waals surface area (Å²) >= 11 is 5.99. The molecule has 3 rings (SSSR count). The molecule has 0 bridgehead atoms. The Labute approximate surface area is 145 Å². The molecule has 6 heteroatoms. The number of carbonyl (C=O) groups is 2. The SMILES string of the molecule is CN(CC(=O)N1CC(=O)Nc2ccccc21)Cc1cccc(Cl)c1. The van der Waals surface area contributed by atoms with Gasteiger partial charge in [0, 0.05) is 11.6 Å². The van der Waals surface area contributed by atoms with Gasteiger partial charge < -0.3 is 5.32 Å². The molecule has 124 valence electrons. The summed E-state index contributed by atoms with van der Waals surface area (Å²) in [7, 11) is 1.87. The van der Waals surface area contributed by atoms with Crippen LogP contribution in [0.15, 0.2) is 48.5 Å². The van der Waals surface area contributed by atoms with Gasteiger partial charge in [0.25, 0.3) is 0 Å². The Morgan fingerprint density at radius 1 is 1.25 bits per heavy atom. The first-order valence-electron chi connectivity index (χ1n) is 7.65. The first-order chi connectivity index (χ1) is 11.5. The molecule has 24 heavy (non-hydrogen) atoms. The topological polar surface area (TPSA) is 52.7 Å². The standard InChI is InChI=1S/C18H18ClN3O2/c1-21(10-13-5-4-6-14(19)9-13)12-18(24)22-11-17(23)20-15-7-2-3-8-16(15)22/h2-9H,10-12H2,1H3,(H,20,23). The number of amides is 2. The summed E-state index contributed by atoms with van der Waals surface area (Å²) in [6.45, 7) is 0.864. The normalized spacial score (nSPS) is 13.6. The highest BCUT2D eigenvalue weighted by atomic mass is 35.5. The summed E-state index contributed by atoms with van der Waals surface area (Å²) in [5, 5.41) is 3.46. The summed E-state index contributed by atoms with van der Waals surface area (Å²) in [6.07, 6.45) is 0. The molecular formula is C18H18ClN3O2. The van der Waals surface area contributed by atoms with Gasteiger partial charge in [-0.25, -0.2) is 0 Å². The number of hydrogen-bond acceptors (Lipinski definition) is 3. The van der Waals surface area contributed by atoms with Crippen molar-refractivity contribution >= 4 is 34.8 Å². The zero-order valence-corrected chi connectivity index (χ0v) is 14.1. The molecule has 0 spiro atoms. The second-order valence-corrected chi connectivity index (χ2v) is 6.28. The summed E-state index contributed by atoms with van der Waals surface area (Å²) in [6, 6.07) is 14.9. The van der Waals surface area contributed by atoms with E-state index in [1.165, 1.54) is 4.90 Å². The van der Waals surface area contributed by atoms with Crippen molar-refractivity contribution in [1.29, 1.82) is 0 Å². The number of benzene rings is 2. The number of carbonyl (C=O) groups excluding carboxylic acids is 2.